The molecular formula is C14H29N3O. The highest BCUT2D eigenvalue weighted by Gasteiger charge is 2.41. The van der Waals surface area contributed by atoms with Gasteiger partial charge in [0.25, 0.3) is 0 Å². The van der Waals surface area contributed by atoms with Gasteiger partial charge in [-0.2, -0.15) is 0 Å². The Hall–Kier alpha value is -0.160. The Kier molecular flexibility index (Phi) is 4.64. The minimum atomic E-state index is 0.187. The van der Waals surface area contributed by atoms with Crippen LogP contribution in [0.25, 0.3) is 0 Å². The van der Waals surface area contributed by atoms with Crippen molar-refractivity contribution in [2.24, 2.45) is 5.73 Å². The van der Waals surface area contributed by atoms with E-state index in [1.165, 1.54) is 19.4 Å². The van der Waals surface area contributed by atoms with Crippen LogP contribution in [-0.4, -0.2) is 67.8 Å². The number of ether oxygens (including phenoxy) is 1. The molecule has 106 valence electrons. The lowest BCUT2D eigenvalue weighted by Gasteiger charge is -2.51. The second kappa shape index (κ2) is 5.87. The van der Waals surface area contributed by atoms with Gasteiger partial charge in [0.05, 0.1) is 6.10 Å². The summed E-state index contributed by atoms with van der Waals surface area (Å²) < 4.78 is 5.71. The van der Waals surface area contributed by atoms with Crippen LogP contribution in [0.2, 0.25) is 0 Å². The molecule has 2 aliphatic heterocycles. The Morgan fingerprint density at radius 3 is 2.83 bits per heavy atom. The van der Waals surface area contributed by atoms with E-state index in [9.17, 15) is 0 Å². The molecule has 0 aliphatic carbocycles. The van der Waals surface area contributed by atoms with Gasteiger partial charge in [-0.25, -0.2) is 0 Å². The summed E-state index contributed by atoms with van der Waals surface area (Å²) in [6.07, 6.45) is 5.13. The fraction of sp³-hybridized carbons (Fsp3) is 1.00. The molecule has 3 atom stereocenters. The molecule has 0 aromatic rings. The molecule has 0 aromatic carbocycles. The first kappa shape index (κ1) is 14.3. The highest BCUT2D eigenvalue weighted by Crippen LogP contribution is 2.33. The van der Waals surface area contributed by atoms with Crippen molar-refractivity contribution >= 4 is 0 Å². The summed E-state index contributed by atoms with van der Waals surface area (Å²) in [4.78, 5) is 5.01. The first-order valence-corrected chi connectivity index (χ1v) is 7.30. The molecule has 2 N–H and O–H groups in total. The second-order valence-electron chi connectivity index (χ2n) is 6.27. The monoisotopic (exact) mass is 255 g/mol. The van der Waals surface area contributed by atoms with Crippen LogP contribution in [0.15, 0.2) is 0 Å². The number of rotatable bonds is 3. The van der Waals surface area contributed by atoms with Crippen molar-refractivity contribution in [2.45, 2.75) is 50.3 Å². The SMILES string of the molecule is CC1CC(CN)(N2CCCC(N(C)C)C2)CCO1. The van der Waals surface area contributed by atoms with Crippen LogP contribution in [0.1, 0.15) is 32.6 Å². The van der Waals surface area contributed by atoms with Crippen LogP contribution in [0.3, 0.4) is 0 Å². The van der Waals surface area contributed by atoms with E-state index >= 15 is 0 Å². The zero-order chi connectivity index (χ0) is 13.2. The van der Waals surface area contributed by atoms with Crippen LogP contribution in [0.4, 0.5) is 0 Å². The molecule has 3 unspecified atom stereocenters. The van der Waals surface area contributed by atoms with Gasteiger partial charge in [-0.05, 0) is 53.2 Å². The summed E-state index contributed by atoms with van der Waals surface area (Å²) in [5.74, 6) is 0. The normalized spacial score (nSPS) is 39.2. The molecule has 0 saturated carbocycles. The highest BCUT2D eigenvalue weighted by atomic mass is 16.5. The summed E-state index contributed by atoms with van der Waals surface area (Å²) in [6.45, 7) is 6.17. The standard InChI is InChI=1S/C14H29N3O/c1-12-9-14(11-15,6-8-18-12)17-7-4-5-13(10-17)16(2)3/h12-13H,4-11,15H2,1-3H3. The van der Waals surface area contributed by atoms with Crippen LogP contribution in [0, 0.1) is 0 Å². The van der Waals surface area contributed by atoms with Crippen molar-refractivity contribution in [3.8, 4) is 0 Å². The number of nitrogens with zero attached hydrogens (tertiary/aromatic N) is 2. The smallest absolute Gasteiger partial charge is 0.0565 e. The van der Waals surface area contributed by atoms with Gasteiger partial charge in [0.15, 0.2) is 0 Å². The molecular weight excluding hydrogens is 226 g/mol. The Morgan fingerprint density at radius 2 is 2.22 bits per heavy atom. The minimum absolute atomic E-state index is 0.187. The minimum Gasteiger partial charge on any atom is -0.378 e. The molecule has 2 fully saturated rings. The zero-order valence-electron chi connectivity index (χ0n) is 12.2. The predicted molar refractivity (Wildman–Crippen MR) is 74.7 cm³/mol. The maximum absolute atomic E-state index is 6.14. The van der Waals surface area contributed by atoms with Crippen molar-refractivity contribution < 1.29 is 4.74 Å². The number of hydrogen-bond donors (Lipinski definition) is 1. The predicted octanol–water partition coefficient (Wildman–Crippen LogP) is 0.909. The number of hydrogen-bond acceptors (Lipinski definition) is 4. The quantitative estimate of drug-likeness (QED) is 0.814. The lowest BCUT2D eigenvalue weighted by molar-refractivity contribution is -0.0762. The highest BCUT2D eigenvalue weighted by molar-refractivity contribution is 4.98. The molecule has 2 heterocycles. The van der Waals surface area contributed by atoms with E-state index in [0.717, 1.165) is 32.5 Å². The average Bonchev–Trinajstić information content (AvgIpc) is 2.38. The first-order valence-electron chi connectivity index (χ1n) is 7.30. The van der Waals surface area contributed by atoms with Gasteiger partial charge >= 0.3 is 0 Å². The average molecular weight is 255 g/mol. The lowest BCUT2D eigenvalue weighted by Crippen LogP contribution is -2.62. The van der Waals surface area contributed by atoms with E-state index in [1.54, 1.807) is 0 Å². The molecule has 4 heteroatoms. The number of nitrogens with two attached hydrogens (primary N) is 1. The van der Waals surface area contributed by atoms with Gasteiger partial charge < -0.3 is 15.4 Å². The van der Waals surface area contributed by atoms with E-state index in [2.05, 4.69) is 30.8 Å². The summed E-state index contributed by atoms with van der Waals surface area (Å²) in [5.41, 5.74) is 6.33. The van der Waals surface area contributed by atoms with Gasteiger partial charge in [0.2, 0.25) is 0 Å². The molecule has 0 spiro atoms. The van der Waals surface area contributed by atoms with E-state index in [0.29, 0.717) is 12.1 Å². The largest absolute Gasteiger partial charge is 0.378 e. The van der Waals surface area contributed by atoms with E-state index < -0.39 is 0 Å². The van der Waals surface area contributed by atoms with E-state index in [-0.39, 0.29) is 5.54 Å². The van der Waals surface area contributed by atoms with Crippen LogP contribution < -0.4 is 5.73 Å². The summed E-state index contributed by atoms with van der Waals surface area (Å²) in [5, 5.41) is 0. The fourth-order valence-corrected chi connectivity index (χ4v) is 3.55. The molecule has 0 amide bonds. The van der Waals surface area contributed by atoms with Gasteiger partial charge in [0.1, 0.15) is 0 Å². The van der Waals surface area contributed by atoms with Gasteiger partial charge in [-0.3, -0.25) is 4.90 Å². The van der Waals surface area contributed by atoms with Crippen molar-refractivity contribution in [1.82, 2.24) is 9.80 Å². The third-order valence-corrected chi connectivity index (χ3v) is 4.81. The van der Waals surface area contributed by atoms with Crippen LogP contribution in [-0.2, 0) is 4.74 Å². The number of piperidine rings is 1. The van der Waals surface area contributed by atoms with Gasteiger partial charge in [0, 0.05) is 31.3 Å². The van der Waals surface area contributed by atoms with Crippen LogP contribution in [0.5, 0.6) is 0 Å². The molecule has 2 rings (SSSR count). The maximum Gasteiger partial charge on any atom is 0.0565 e. The van der Waals surface area contributed by atoms with Crippen molar-refractivity contribution in [1.29, 1.82) is 0 Å². The molecule has 18 heavy (non-hydrogen) atoms. The maximum atomic E-state index is 6.14. The molecule has 0 radical (unpaired) electrons. The fourth-order valence-electron chi connectivity index (χ4n) is 3.55. The van der Waals surface area contributed by atoms with Crippen molar-refractivity contribution in [2.75, 3.05) is 40.3 Å². The Balaban J connectivity index is 2.06. The van der Waals surface area contributed by atoms with Crippen molar-refractivity contribution in [3.63, 3.8) is 0 Å². The summed E-state index contributed by atoms with van der Waals surface area (Å²) in [6, 6.07) is 0.681. The van der Waals surface area contributed by atoms with Gasteiger partial charge in [-0.15, -0.1) is 0 Å². The lowest BCUT2D eigenvalue weighted by atomic mass is 9.83. The zero-order valence-corrected chi connectivity index (χ0v) is 12.2. The molecule has 0 bridgehead atoms. The third-order valence-electron chi connectivity index (χ3n) is 4.81. The van der Waals surface area contributed by atoms with Gasteiger partial charge in [-0.1, -0.05) is 0 Å². The molecule has 2 saturated heterocycles. The van der Waals surface area contributed by atoms with Crippen LogP contribution >= 0.6 is 0 Å². The number of likely N-dealkylation sites (tertiary alicyclic amines) is 1. The topological polar surface area (TPSA) is 41.7 Å². The van der Waals surface area contributed by atoms with E-state index in [4.69, 9.17) is 10.5 Å². The van der Waals surface area contributed by atoms with Crippen molar-refractivity contribution in [3.05, 3.63) is 0 Å². The second-order valence-corrected chi connectivity index (χ2v) is 6.27. The summed E-state index contributed by atoms with van der Waals surface area (Å²) in [7, 11) is 4.38. The van der Waals surface area contributed by atoms with E-state index in [1.807, 2.05) is 0 Å². The Bertz CT molecular complexity index is 272. The molecule has 2 aliphatic rings. The third kappa shape index (κ3) is 2.87. The molecule has 4 nitrogen and oxygen atoms in total. The summed E-state index contributed by atoms with van der Waals surface area (Å²) >= 11 is 0. The molecule has 0 aromatic heterocycles. The first-order chi connectivity index (χ1) is 8.57. The Labute approximate surface area is 111 Å². The number of likely N-dealkylation sites (N-methyl/N-ethyl adjacent to an activating group) is 1. The Morgan fingerprint density at radius 1 is 1.44 bits per heavy atom.